The highest BCUT2D eigenvalue weighted by Crippen LogP contribution is 2.29. The molecule has 0 aliphatic rings. The Labute approximate surface area is 116 Å². The lowest BCUT2D eigenvalue weighted by Crippen LogP contribution is -2.19. The van der Waals surface area contributed by atoms with Crippen molar-refractivity contribution in [3.05, 3.63) is 42.2 Å². The number of nitriles is 1. The van der Waals surface area contributed by atoms with E-state index in [-0.39, 0.29) is 12.2 Å². The van der Waals surface area contributed by atoms with Crippen molar-refractivity contribution in [2.75, 3.05) is 0 Å². The summed E-state index contributed by atoms with van der Waals surface area (Å²) < 4.78 is 38.5. The van der Waals surface area contributed by atoms with E-state index < -0.39 is 23.4 Å². The van der Waals surface area contributed by atoms with Crippen molar-refractivity contribution in [2.45, 2.75) is 18.6 Å². The molecule has 0 N–H and O–H groups in total. The number of rotatable bonds is 4. The third-order valence-electron chi connectivity index (χ3n) is 2.64. The SMILES string of the molecule is N#C[C@@H](C(=O)Cn1cncn1)c1ccc(C(F)(F)F)cn1. The summed E-state index contributed by atoms with van der Waals surface area (Å²) in [7, 11) is 0. The molecule has 0 saturated heterocycles. The van der Waals surface area contributed by atoms with Crippen molar-refractivity contribution in [1.29, 1.82) is 5.26 Å². The van der Waals surface area contributed by atoms with Crippen LogP contribution in [0.15, 0.2) is 31.0 Å². The normalized spacial score (nSPS) is 12.7. The van der Waals surface area contributed by atoms with Crippen molar-refractivity contribution >= 4 is 5.78 Å². The number of hydrogen-bond donors (Lipinski definition) is 0. The molecule has 108 valence electrons. The summed E-state index contributed by atoms with van der Waals surface area (Å²) in [4.78, 5) is 19.2. The van der Waals surface area contributed by atoms with Crippen LogP contribution in [0.1, 0.15) is 17.2 Å². The standard InChI is InChI=1S/C12H8F3N5O/c13-12(14,15)8-1-2-10(18-4-8)9(3-16)11(21)5-20-7-17-6-19-20/h1-2,4,6-7,9H,5H2/t9-/m1/s1. The second-order valence-electron chi connectivity index (χ2n) is 4.09. The van der Waals surface area contributed by atoms with Gasteiger partial charge in [-0.05, 0) is 12.1 Å². The number of Topliss-reactive ketones (excluding diaryl/α,β-unsaturated/α-hetero) is 1. The Morgan fingerprint density at radius 1 is 1.43 bits per heavy atom. The van der Waals surface area contributed by atoms with E-state index in [1.165, 1.54) is 17.3 Å². The fourth-order valence-electron chi connectivity index (χ4n) is 1.61. The number of pyridine rings is 1. The van der Waals surface area contributed by atoms with Crippen molar-refractivity contribution in [3.8, 4) is 6.07 Å². The van der Waals surface area contributed by atoms with Gasteiger partial charge >= 0.3 is 6.18 Å². The largest absolute Gasteiger partial charge is 0.417 e. The molecular formula is C12H8F3N5O. The van der Waals surface area contributed by atoms with Crippen LogP contribution in [-0.2, 0) is 17.5 Å². The Balaban J connectivity index is 2.18. The Hall–Kier alpha value is -2.76. The minimum absolute atomic E-state index is 0.0318. The summed E-state index contributed by atoms with van der Waals surface area (Å²) in [5, 5.41) is 12.7. The number of ketones is 1. The Morgan fingerprint density at radius 2 is 2.19 bits per heavy atom. The maximum Gasteiger partial charge on any atom is 0.417 e. The first-order valence-corrected chi connectivity index (χ1v) is 5.69. The van der Waals surface area contributed by atoms with Gasteiger partial charge in [-0.1, -0.05) is 0 Å². The molecule has 9 heteroatoms. The first kappa shape index (κ1) is 14.6. The summed E-state index contributed by atoms with van der Waals surface area (Å²) >= 11 is 0. The zero-order valence-electron chi connectivity index (χ0n) is 10.4. The van der Waals surface area contributed by atoms with Crippen molar-refractivity contribution in [3.63, 3.8) is 0 Å². The summed E-state index contributed by atoms with van der Waals surface area (Å²) in [6.45, 7) is -0.207. The van der Waals surface area contributed by atoms with Gasteiger partial charge in [0.05, 0.1) is 17.3 Å². The van der Waals surface area contributed by atoms with Crippen molar-refractivity contribution in [2.24, 2.45) is 0 Å². The molecule has 0 bridgehead atoms. The molecule has 0 radical (unpaired) electrons. The molecule has 0 amide bonds. The molecule has 21 heavy (non-hydrogen) atoms. The van der Waals surface area contributed by atoms with Gasteiger partial charge in [-0.15, -0.1) is 0 Å². The minimum Gasteiger partial charge on any atom is -0.296 e. The van der Waals surface area contributed by atoms with Gasteiger partial charge in [0, 0.05) is 6.20 Å². The van der Waals surface area contributed by atoms with E-state index in [9.17, 15) is 18.0 Å². The molecule has 2 aromatic rings. The summed E-state index contributed by atoms with van der Waals surface area (Å²) in [5.74, 6) is -1.79. The average molecular weight is 295 g/mol. The van der Waals surface area contributed by atoms with E-state index in [2.05, 4.69) is 15.1 Å². The van der Waals surface area contributed by atoms with Gasteiger partial charge in [0.1, 0.15) is 25.1 Å². The molecule has 0 spiro atoms. The quantitative estimate of drug-likeness (QED) is 0.854. The smallest absolute Gasteiger partial charge is 0.296 e. The highest BCUT2D eigenvalue weighted by molar-refractivity contribution is 5.87. The van der Waals surface area contributed by atoms with Crippen LogP contribution >= 0.6 is 0 Å². The number of alkyl halides is 3. The van der Waals surface area contributed by atoms with E-state index in [0.29, 0.717) is 6.20 Å². The van der Waals surface area contributed by atoms with Gasteiger partial charge in [-0.3, -0.25) is 9.78 Å². The number of hydrogen-bond acceptors (Lipinski definition) is 5. The van der Waals surface area contributed by atoms with E-state index in [4.69, 9.17) is 5.26 Å². The molecule has 0 fully saturated rings. The monoisotopic (exact) mass is 295 g/mol. The van der Waals surface area contributed by atoms with Gasteiger partial charge in [0.25, 0.3) is 0 Å². The predicted molar refractivity (Wildman–Crippen MR) is 62.6 cm³/mol. The zero-order valence-corrected chi connectivity index (χ0v) is 10.4. The lowest BCUT2D eigenvalue weighted by molar-refractivity contribution is -0.137. The van der Waals surface area contributed by atoms with Crippen LogP contribution in [0.3, 0.4) is 0 Å². The molecule has 0 aliphatic carbocycles. The van der Waals surface area contributed by atoms with Crippen LogP contribution in [0.2, 0.25) is 0 Å². The minimum atomic E-state index is -4.52. The van der Waals surface area contributed by atoms with Gasteiger partial charge in [-0.2, -0.15) is 23.5 Å². The third kappa shape index (κ3) is 3.42. The maximum atomic E-state index is 12.4. The first-order chi connectivity index (χ1) is 9.91. The Kier molecular flexibility index (Phi) is 3.98. The van der Waals surface area contributed by atoms with Gasteiger partial charge in [0.15, 0.2) is 5.78 Å². The molecule has 0 aromatic carbocycles. The average Bonchev–Trinajstić information content (AvgIpc) is 2.92. The van der Waals surface area contributed by atoms with Crippen molar-refractivity contribution < 1.29 is 18.0 Å². The number of nitrogens with zero attached hydrogens (tertiary/aromatic N) is 5. The fraction of sp³-hybridized carbons (Fsp3) is 0.250. The van der Waals surface area contributed by atoms with E-state index >= 15 is 0 Å². The Bertz CT molecular complexity index is 658. The molecule has 1 atom stereocenters. The maximum absolute atomic E-state index is 12.4. The summed E-state index contributed by atoms with van der Waals surface area (Å²) in [5.41, 5.74) is -0.970. The lowest BCUT2D eigenvalue weighted by Gasteiger charge is -2.10. The van der Waals surface area contributed by atoms with Crippen LogP contribution in [0.4, 0.5) is 13.2 Å². The van der Waals surface area contributed by atoms with Crippen LogP contribution in [0.25, 0.3) is 0 Å². The second kappa shape index (κ2) is 5.70. The molecule has 0 aliphatic heterocycles. The molecule has 2 rings (SSSR count). The molecule has 0 unspecified atom stereocenters. The highest BCUT2D eigenvalue weighted by Gasteiger charge is 2.31. The van der Waals surface area contributed by atoms with Gasteiger partial charge in [0.2, 0.25) is 0 Å². The van der Waals surface area contributed by atoms with Crippen molar-refractivity contribution in [1.82, 2.24) is 19.7 Å². The fourth-order valence-corrected chi connectivity index (χ4v) is 1.61. The number of carbonyl (C=O) groups is 1. The first-order valence-electron chi connectivity index (χ1n) is 5.69. The van der Waals surface area contributed by atoms with Crippen LogP contribution in [0.5, 0.6) is 0 Å². The third-order valence-corrected chi connectivity index (χ3v) is 2.64. The molecule has 6 nitrogen and oxygen atoms in total. The summed E-state index contributed by atoms with van der Waals surface area (Å²) in [6.07, 6.45) is -1.39. The summed E-state index contributed by atoms with van der Waals surface area (Å²) in [6, 6.07) is 3.54. The molecular weight excluding hydrogens is 287 g/mol. The molecule has 2 heterocycles. The van der Waals surface area contributed by atoms with Crippen LogP contribution in [-0.4, -0.2) is 25.5 Å². The van der Waals surface area contributed by atoms with Crippen LogP contribution in [0, 0.1) is 11.3 Å². The predicted octanol–water partition coefficient (Wildman–Crippen LogP) is 1.57. The number of carbonyl (C=O) groups excluding carboxylic acids is 1. The highest BCUT2D eigenvalue weighted by atomic mass is 19.4. The molecule has 0 saturated carbocycles. The van der Waals surface area contributed by atoms with Gasteiger partial charge in [-0.25, -0.2) is 9.67 Å². The molecule has 2 aromatic heterocycles. The van der Waals surface area contributed by atoms with Crippen LogP contribution < -0.4 is 0 Å². The van der Waals surface area contributed by atoms with Gasteiger partial charge < -0.3 is 0 Å². The number of halogens is 3. The zero-order chi connectivity index (χ0) is 15.5. The topological polar surface area (TPSA) is 84.5 Å². The second-order valence-corrected chi connectivity index (χ2v) is 4.09. The number of aromatic nitrogens is 4. The van der Waals surface area contributed by atoms with E-state index in [1.807, 2.05) is 0 Å². The lowest BCUT2D eigenvalue weighted by atomic mass is 10.0. The Morgan fingerprint density at radius 3 is 2.67 bits per heavy atom. The van der Waals surface area contributed by atoms with E-state index in [1.54, 1.807) is 6.07 Å². The van der Waals surface area contributed by atoms with E-state index in [0.717, 1.165) is 12.1 Å².